The molecule has 194 valence electrons. The van der Waals surface area contributed by atoms with Crippen molar-refractivity contribution in [2.75, 3.05) is 31.1 Å². The average molecular weight is 513 g/mol. The number of pyridine rings is 1. The van der Waals surface area contributed by atoms with Crippen molar-refractivity contribution in [3.63, 3.8) is 0 Å². The minimum Gasteiger partial charge on any atom is -0.493 e. The molecule has 1 aliphatic heterocycles. The number of ether oxygens (including phenoxy) is 2. The highest BCUT2D eigenvalue weighted by molar-refractivity contribution is 6.11. The standard InChI is InChI=1S/C25H26F2N6O4/c1-13-8-31-21(37-13)12-32-18-6-17(16(10-29-3)14(2)28)30-9-15(18)11-33(25(32)34)24-22(26)19(35-4)7-20(36-5)23(24)27/h6-10H,11-12,28H2,1-5H3. The minimum absolute atomic E-state index is 0.105. The molecule has 0 aliphatic carbocycles. The second kappa shape index (κ2) is 10.2. The van der Waals surface area contributed by atoms with Gasteiger partial charge in [0.1, 0.15) is 18.0 Å². The third-order valence-corrected chi connectivity index (χ3v) is 5.78. The van der Waals surface area contributed by atoms with Crippen LogP contribution in [0.2, 0.25) is 0 Å². The number of allylic oxidation sites excluding steroid dienone is 2. The number of benzene rings is 1. The molecule has 0 saturated carbocycles. The van der Waals surface area contributed by atoms with Gasteiger partial charge in [-0.2, -0.15) is 0 Å². The maximum Gasteiger partial charge on any atom is 0.329 e. The Morgan fingerprint density at radius 2 is 1.86 bits per heavy atom. The molecule has 3 heterocycles. The quantitative estimate of drug-likeness (QED) is 0.471. The van der Waals surface area contributed by atoms with Gasteiger partial charge in [-0.3, -0.25) is 19.8 Å². The van der Waals surface area contributed by atoms with Gasteiger partial charge in [0.2, 0.25) is 5.89 Å². The highest BCUT2D eigenvalue weighted by atomic mass is 19.1. The SMILES string of the molecule is CN=CC(=C(C)N)c1cc2c(cn1)CN(c1c(F)c(OC)cc(OC)c1F)C(=O)N2Cc1ncc(C)o1. The number of hydrogen-bond donors (Lipinski definition) is 1. The Morgan fingerprint density at radius 3 is 2.41 bits per heavy atom. The molecule has 37 heavy (non-hydrogen) atoms. The van der Waals surface area contributed by atoms with Crippen LogP contribution in [-0.4, -0.2) is 43.5 Å². The Balaban J connectivity index is 1.90. The molecule has 1 aromatic carbocycles. The van der Waals surface area contributed by atoms with Crippen LogP contribution in [0.5, 0.6) is 11.5 Å². The van der Waals surface area contributed by atoms with E-state index in [9.17, 15) is 4.79 Å². The molecule has 0 bridgehead atoms. The topological polar surface area (TPSA) is 119 Å². The number of oxazole rings is 1. The lowest BCUT2D eigenvalue weighted by molar-refractivity contribution is 0.248. The number of amides is 2. The number of methoxy groups -OCH3 is 2. The van der Waals surface area contributed by atoms with Gasteiger partial charge in [-0.25, -0.2) is 18.6 Å². The molecule has 2 N–H and O–H groups in total. The number of aliphatic imine (C=N–C) groups is 1. The molecule has 0 saturated heterocycles. The summed E-state index contributed by atoms with van der Waals surface area (Å²) in [6, 6.07) is 2.04. The fourth-order valence-electron chi connectivity index (χ4n) is 4.03. The number of carbonyl (C=O) groups excluding carboxylic acids is 1. The van der Waals surface area contributed by atoms with Crippen LogP contribution in [0.3, 0.4) is 0 Å². The van der Waals surface area contributed by atoms with Crippen molar-refractivity contribution in [3.8, 4) is 11.5 Å². The summed E-state index contributed by atoms with van der Waals surface area (Å²) in [4.78, 5) is 28.8. The van der Waals surface area contributed by atoms with Crippen molar-refractivity contribution in [1.82, 2.24) is 9.97 Å². The van der Waals surface area contributed by atoms with Crippen LogP contribution in [-0.2, 0) is 13.1 Å². The molecule has 12 heteroatoms. The molecular formula is C25H26F2N6O4. The fourth-order valence-corrected chi connectivity index (χ4v) is 4.03. The third-order valence-electron chi connectivity index (χ3n) is 5.78. The maximum atomic E-state index is 15.4. The van der Waals surface area contributed by atoms with Gasteiger partial charge in [0, 0.05) is 42.4 Å². The number of nitrogens with zero attached hydrogens (tertiary/aromatic N) is 5. The molecule has 0 atom stereocenters. The van der Waals surface area contributed by atoms with E-state index in [-0.39, 0.29) is 30.5 Å². The number of halogens is 2. The summed E-state index contributed by atoms with van der Waals surface area (Å²) in [5.41, 5.74) is 7.92. The predicted octanol–water partition coefficient (Wildman–Crippen LogP) is 4.21. The molecule has 3 aromatic rings. The summed E-state index contributed by atoms with van der Waals surface area (Å²) in [6.45, 7) is 3.15. The molecule has 0 unspecified atom stereocenters. The fraction of sp³-hybridized carbons (Fsp3) is 0.280. The van der Waals surface area contributed by atoms with Crippen molar-refractivity contribution in [3.05, 3.63) is 64.8 Å². The van der Waals surface area contributed by atoms with E-state index in [1.807, 2.05) is 0 Å². The van der Waals surface area contributed by atoms with Gasteiger partial charge < -0.3 is 19.6 Å². The molecule has 4 rings (SSSR count). The summed E-state index contributed by atoms with van der Waals surface area (Å²) in [6.07, 6.45) is 4.61. The molecular weight excluding hydrogens is 486 g/mol. The molecule has 0 radical (unpaired) electrons. The van der Waals surface area contributed by atoms with Crippen LogP contribution in [0.1, 0.15) is 29.8 Å². The summed E-state index contributed by atoms with van der Waals surface area (Å²) in [5.74, 6) is -1.86. The molecule has 2 aromatic heterocycles. The summed E-state index contributed by atoms with van der Waals surface area (Å²) < 4.78 is 46.4. The summed E-state index contributed by atoms with van der Waals surface area (Å²) >= 11 is 0. The van der Waals surface area contributed by atoms with Gasteiger partial charge in [-0.15, -0.1) is 0 Å². The lowest BCUT2D eigenvalue weighted by atomic mass is 10.1. The molecule has 1 aliphatic rings. The van der Waals surface area contributed by atoms with Crippen molar-refractivity contribution < 1.29 is 27.5 Å². The number of rotatable bonds is 7. The van der Waals surface area contributed by atoms with Gasteiger partial charge >= 0.3 is 6.03 Å². The lowest BCUT2D eigenvalue weighted by Crippen LogP contribution is -2.48. The van der Waals surface area contributed by atoms with E-state index in [1.54, 1.807) is 33.2 Å². The smallest absolute Gasteiger partial charge is 0.329 e. The number of fused-ring (bicyclic) bond motifs is 1. The van der Waals surface area contributed by atoms with Crippen molar-refractivity contribution in [2.45, 2.75) is 26.9 Å². The van der Waals surface area contributed by atoms with Crippen LogP contribution < -0.4 is 25.0 Å². The summed E-state index contributed by atoms with van der Waals surface area (Å²) in [5, 5.41) is 0. The Hall–Kier alpha value is -4.48. The van der Waals surface area contributed by atoms with Crippen LogP contribution in [0.25, 0.3) is 5.57 Å². The first kappa shape index (κ1) is 25.6. The highest BCUT2D eigenvalue weighted by Crippen LogP contribution is 2.41. The monoisotopic (exact) mass is 512 g/mol. The molecule has 10 nitrogen and oxygen atoms in total. The first-order valence-corrected chi connectivity index (χ1v) is 11.2. The number of aromatic nitrogens is 2. The molecule has 0 fully saturated rings. The second-order valence-electron chi connectivity index (χ2n) is 8.26. The number of carbonyl (C=O) groups is 1. The Labute approximate surface area is 212 Å². The van der Waals surface area contributed by atoms with Crippen LogP contribution in [0.4, 0.5) is 25.0 Å². The first-order valence-electron chi connectivity index (χ1n) is 11.2. The Kier molecular flexibility index (Phi) is 7.09. The van der Waals surface area contributed by atoms with Crippen molar-refractivity contribution >= 4 is 29.2 Å². The number of aryl methyl sites for hydroxylation is 1. The van der Waals surface area contributed by atoms with E-state index < -0.39 is 23.4 Å². The van der Waals surface area contributed by atoms with Crippen molar-refractivity contribution in [2.24, 2.45) is 10.7 Å². The Bertz CT molecular complexity index is 1390. The van der Waals surface area contributed by atoms with Gasteiger partial charge in [0.25, 0.3) is 0 Å². The molecule has 2 amide bonds. The number of hydrogen-bond acceptors (Lipinski definition) is 8. The predicted molar refractivity (Wildman–Crippen MR) is 134 cm³/mol. The highest BCUT2D eigenvalue weighted by Gasteiger charge is 2.37. The van der Waals surface area contributed by atoms with E-state index in [2.05, 4.69) is 15.0 Å². The van der Waals surface area contributed by atoms with Crippen molar-refractivity contribution in [1.29, 1.82) is 0 Å². The van der Waals surface area contributed by atoms with E-state index >= 15 is 8.78 Å². The van der Waals surface area contributed by atoms with Gasteiger partial charge in [-0.1, -0.05) is 0 Å². The minimum atomic E-state index is -1.04. The van der Waals surface area contributed by atoms with Gasteiger partial charge in [0.15, 0.2) is 23.1 Å². The summed E-state index contributed by atoms with van der Waals surface area (Å²) in [7, 11) is 4.07. The maximum absolute atomic E-state index is 15.4. The second-order valence-corrected chi connectivity index (χ2v) is 8.26. The first-order chi connectivity index (χ1) is 17.7. The van der Waals surface area contributed by atoms with Crippen LogP contribution in [0.15, 0.2) is 39.6 Å². The third kappa shape index (κ3) is 4.69. The van der Waals surface area contributed by atoms with E-state index in [0.29, 0.717) is 34.0 Å². The number of urea groups is 1. The zero-order valence-electron chi connectivity index (χ0n) is 21.0. The largest absolute Gasteiger partial charge is 0.493 e. The average Bonchev–Trinajstić information content (AvgIpc) is 3.29. The number of anilines is 2. The van der Waals surface area contributed by atoms with Crippen LogP contribution >= 0.6 is 0 Å². The normalized spacial score (nSPS) is 14.2. The van der Waals surface area contributed by atoms with Gasteiger partial charge in [0.05, 0.1) is 38.3 Å². The zero-order valence-corrected chi connectivity index (χ0v) is 21.0. The number of nitrogens with two attached hydrogens (primary N) is 1. The Morgan fingerprint density at radius 1 is 1.19 bits per heavy atom. The lowest BCUT2D eigenvalue weighted by Gasteiger charge is -2.37. The van der Waals surface area contributed by atoms with E-state index in [4.69, 9.17) is 19.6 Å². The van der Waals surface area contributed by atoms with E-state index in [1.165, 1.54) is 31.5 Å². The van der Waals surface area contributed by atoms with E-state index in [0.717, 1.165) is 11.0 Å². The van der Waals surface area contributed by atoms with Crippen LogP contribution in [0, 0.1) is 18.6 Å². The van der Waals surface area contributed by atoms with Gasteiger partial charge in [-0.05, 0) is 19.9 Å². The molecule has 0 spiro atoms. The zero-order chi connectivity index (χ0) is 26.9.